The molecule has 2 N–H and O–H groups in total. The highest BCUT2D eigenvalue weighted by molar-refractivity contribution is 7.09. The minimum Gasteiger partial charge on any atom is -0.476 e. The van der Waals surface area contributed by atoms with Crippen LogP contribution in [0.15, 0.2) is 45.7 Å². The van der Waals surface area contributed by atoms with Crippen molar-refractivity contribution >= 4 is 23.1 Å². The first-order valence-electron chi connectivity index (χ1n) is 10.5. The molecule has 0 unspecified atom stereocenters. The number of aromatic nitrogens is 4. The summed E-state index contributed by atoms with van der Waals surface area (Å²) in [5.41, 5.74) is -1.34. The lowest BCUT2D eigenvalue weighted by atomic mass is 10.3. The number of carbonyl (C=O) groups excluding carboxylic acids is 1. The molecule has 0 aromatic carbocycles. The van der Waals surface area contributed by atoms with Gasteiger partial charge in [-0.3, -0.25) is 14.2 Å². The predicted octanol–water partition coefficient (Wildman–Crippen LogP) is -0.00300. The zero-order valence-electron chi connectivity index (χ0n) is 18.2. The fourth-order valence-corrected chi connectivity index (χ4v) is 4.10. The number of amides is 1. The first-order valence-corrected chi connectivity index (χ1v) is 11.4. The molecule has 0 bridgehead atoms. The summed E-state index contributed by atoms with van der Waals surface area (Å²) >= 11 is 1.43. The van der Waals surface area contributed by atoms with E-state index in [2.05, 4.69) is 37.1 Å². The fourth-order valence-electron chi connectivity index (χ4n) is 3.41. The lowest BCUT2D eigenvalue weighted by Crippen LogP contribution is -2.44. The Morgan fingerprint density at radius 3 is 2.82 bits per heavy atom. The molecule has 0 spiro atoms. The van der Waals surface area contributed by atoms with Crippen molar-refractivity contribution < 1.29 is 9.53 Å². The molecule has 3 aromatic heterocycles. The van der Waals surface area contributed by atoms with Gasteiger partial charge in [-0.05, 0) is 18.5 Å². The van der Waals surface area contributed by atoms with Gasteiger partial charge in [0, 0.05) is 43.3 Å². The molecule has 1 aliphatic heterocycles. The van der Waals surface area contributed by atoms with E-state index in [0.29, 0.717) is 5.88 Å². The van der Waals surface area contributed by atoms with Crippen LogP contribution in [0.2, 0.25) is 0 Å². The van der Waals surface area contributed by atoms with Crippen molar-refractivity contribution in [2.45, 2.75) is 6.54 Å². The molecule has 4 rings (SSSR count). The first kappa shape index (κ1) is 22.7. The van der Waals surface area contributed by atoms with Crippen LogP contribution in [0.4, 0.5) is 5.82 Å². The molecule has 1 aliphatic rings. The van der Waals surface area contributed by atoms with Gasteiger partial charge in [0.25, 0.3) is 11.5 Å². The average Bonchev–Trinajstić information content (AvgIpc) is 3.33. The minimum absolute atomic E-state index is 0.111. The normalized spacial score (nSPS) is 14.3. The molecular weight excluding hydrogens is 446 g/mol. The van der Waals surface area contributed by atoms with E-state index >= 15 is 0 Å². The highest BCUT2D eigenvalue weighted by Crippen LogP contribution is 2.17. The third-order valence-corrected chi connectivity index (χ3v) is 6.15. The molecular formula is C21H25N7O4S. The van der Waals surface area contributed by atoms with Crippen LogP contribution in [-0.4, -0.2) is 76.7 Å². The number of aromatic amines is 1. The number of rotatable bonds is 8. The third kappa shape index (κ3) is 5.65. The van der Waals surface area contributed by atoms with E-state index in [0.717, 1.165) is 47.6 Å². The number of H-pyrrole nitrogens is 1. The van der Waals surface area contributed by atoms with Gasteiger partial charge >= 0.3 is 5.69 Å². The van der Waals surface area contributed by atoms with Crippen LogP contribution in [0.5, 0.6) is 5.88 Å². The molecule has 1 saturated heterocycles. The highest BCUT2D eigenvalue weighted by Gasteiger charge is 2.17. The smallest absolute Gasteiger partial charge is 0.328 e. The maximum atomic E-state index is 12.7. The molecule has 0 atom stereocenters. The van der Waals surface area contributed by atoms with Crippen LogP contribution >= 0.6 is 11.3 Å². The maximum Gasteiger partial charge on any atom is 0.328 e. The van der Waals surface area contributed by atoms with Gasteiger partial charge < -0.3 is 24.8 Å². The van der Waals surface area contributed by atoms with E-state index in [9.17, 15) is 14.4 Å². The van der Waals surface area contributed by atoms with Crippen molar-refractivity contribution in [1.29, 1.82) is 0 Å². The Bertz CT molecular complexity index is 1200. The summed E-state index contributed by atoms with van der Waals surface area (Å²) in [6.45, 7) is 4.13. The SMILES string of the molecule is CN1CCN(c2cc(OCCNC(=O)c3c[nH]c(=O)n(Cc4cccs4)c3=O)ncn2)CC1. The quantitative estimate of drug-likeness (QED) is 0.440. The zero-order chi connectivity index (χ0) is 23.2. The highest BCUT2D eigenvalue weighted by atomic mass is 32.1. The standard InChI is InChI=1S/C21H25N7O4S/c1-26-5-7-27(8-6-26)17-11-18(25-14-24-17)32-9-4-22-19(29)16-12-23-21(31)28(20(16)30)13-15-3-2-10-33-15/h2-3,10-12,14H,4-9,13H2,1H3,(H,22,29)(H,23,31). The molecule has 0 aliphatic carbocycles. The Kier molecular flexibility index (Phi) is 7.15. The molecule has 33 heavy (non-hydrogen) atoms. The van der Waals surface area contributed by atoms with Gasteiger partial charge in [-0.1, -0.05) is 6.07 Å². The topological polar surface area (TPSA) is 125 Å². The molecule has 12 heteroatoms. The first-order chi connectivity index (χ1) is 16.0. The van der Waals surface area contributed by atoms with Gasteiger partial charge in [-0.15, -0.1) is 11.3 Å². The number of hydrogen-bond donors (Lipinski definition) is 2. The van der Waals surface area contributed by atoms with Crippen molar-refractivity contribution in [2.75, 3.05) is 51.3 Å². The van der Waals surface area contributed by atoms with Crippen LogP contribution in [-0.2, 0) is 6.54 Å². The van der Waals surface area contributed by atoms with Gasteiger partial charge in [0.2, 0.25) is 5.88 Å². The monoisotopic (exact) mass is 471 g/mol. The summed E-state index contributed by atoms with van der Waals surface area (Å²) in [6, 6.07) is 5.43. The molecule has 1 fully saturated rings. The second-order valence-electron chi connectivity index (χ2n) is 7.59. The van der Waals surface area contributed by atoms with E-state index in [4.69, 9.17) is 4.74 Å². The van der Waals surface area contributed by atoms with E-state index in [1.807, 2.05) is 17.5 Å². The van der Waals surface area contributed by atoms with Gasteiger partial charge in [0.15, 0.2) is 0 Å². The van der Waals surface area contributed by atoms with Crippen LogP contribution in [0.25, 0.3) is 0 Å². The number of carbonyl (C=O) groups is 1. The number of likely N-dealkylation sites (N-methyl/N-ethyl adjacent to an activating group) is 1. The van der Waals surface area contributed by atoms with E-state index < -0.39 is 17.2 Å². The number of thiophene rings is 1. The van der Waals surface area contributed by atoms with Crippen molar-refractivity contribution in [1.82, 2.24) is 29.7 Å². The maximum absolute atomic E-state index is 12.7. The van der Waals surface area contributed by atoms with Crippen molar-refractivity contribution in [2.24, 2.45) is 0 Å². The number of ether oxygens (including phenoxy) is 1. The lowest BCUT2D eigenvalue weighted by molar-refractivity contribution is 0.0944. The molecule has 4 heterocycles. The van der Waals surface area contributed by atoms with E-state index in [1.54, 1.807) is 6.07 Å². The van der Waals surface area contributed by atoms with Crippen LogP contribution in [0.1, 0.15) is 15.2 Å². The summed E-state index contributed by atoms with van der Waals surface area (Å²) in [6.07, 6.45) is 2.59. The second kappa shape index (κ2) is 10.4. The number of piperazine rings is 1. The Labute approximate surface area is 193 Å². The summed E-state index contributed by atoms with van der Waals surface area (Å²) in [7, 11) is 2.09. The number of nitrogens with zero attached hydrogens (tertiary/aromatic N) is 5. The Balaban J connectivity index is 1.32. The number of nitrogens with one attached hydrogen (secondary N) is 2. The van der Waals surface area contributed by atoms with Gasteiger partial charge in [-0.2, -0.15) is 0 Å². The van der Waals surface area contributed by atoms with Crippen LogP contribution < -0.4 is 26.2 Å². The van der Waals surface area contributed by atoms with Gasteiger partial charge in [0.1, 0.15) is 24.3 Å². The summed E-state index contributed by atoms with van der Waals surface area (Å²) in [5.74, 6) is 0.632. The fraction of sp³-hybridized carbons (Fsp3) is 0.381. The number of hydrogen-bond acceptors (Lipinski definition) is 9. The molecule has 11 nitrogen and oxygen atoms in total. The minimum atomic E-state index is -0.641. The predicted molar refractivity (Wildman–Crippen MR) is 124 cm³/mol. The van der Waals surface area contributed by atoms with Crippen molar-refractivity contribution in [3.8, 4) is 5.88 Å². The second-order valence-corrected chi connectivity index (χ2v) is 8.62. The zero-order valence-corrected chi connectivity index (χ0v) is 19.0. The summed E-state index contributed by atoms with van der Waals surface area (Å²) in [4.78, 5) is 53.4. The summed E-state index contributed by atoms with van der Waals surface area (Å²) in [5, 5.41) is 4.50. The summed E-state index contributed by atoms with van der Waals surface area (Å²) < 4.78 is 6.66. The van der Waals surface area contributed by atoms with Gasteiger partial charge in [0.05, 0.1) is 13.1 Å². The van der Waals surface area contributed by atoms with Crippen LogP contribution in [0.3, 0.4) is 0 Å². The average molecular weight is 472 g/mol. The molecule has 3 aromatic rings. The van der Waals surface area contributed by atoms with E-state index in [1.165, 1.54) is 17.7 Å². The molecule has 174 valence electrons. The Morgan fingerprint density at radius 1 is 1.24 bits per heavy atom. The molecule has 0 radical (unpaired) electrons. The van der Waals surface area contributed by atoms with Crippen molar-refractivity contribution in [3.05, 3.63) is 67.4 Å². The van der Waals surface area contributed by atoms with E-state index in [-0.39, 0.29) is 25.3 Å². The van der Waals surface area contributed by atoms with Crippen molar-refractivity contribution in [3.63, 3.8) is 0 Å². The Hall–Kier alpha value is -3.51. The molecule has 0 saturated carbocycles. The number of anilines is 1. The Morgan fingerprint density at radius 2 is 2.06 bits per heavy atom. The molecule has 1 amide bonds. The largest absolute Gasteiger partial charge is 0.476 e. The van der Waals surface area contributed by atoms with Gasteiger partial charge in [-0.25, -0.2) is 14.8 Å². The third-order valence-electron chi connectivity index (χ3n) is 5.29. The lowest BCUT2D eigenvalue weighted by Gasteiger charge is -2.33. The van der Waals surface area contributed by atoms with Crippen LogP contribution in [0, 0.1) is 0 Å².